The molecule has 1 N–H and O–H groups in total. The number of morpholine rings is 1. The van der Waals surface area contributed by atoms with E-state index in [9.17, 15) is 14.4 Å². The Bertz CT molecular complexity index is 685. The molecule has 7 nitrogen and oxygen atoms in total. The Morgan fingerprint density at radius 2 is 1.75 bits per heavy atom. The van der Waals surface area contributed by atoms with Crippen LogP contribution in [0, 0.1) is 5.92 Å². The highest BCUT2D eigenvalue weighted by Gasteiger charge is 2.33. The van der Waals surface area contributed by atoms with Gasteiger partial charge in [0.25, 0.3) is 0 Å². The maximum absolute atomic E-state index is 12.8. The van der Waals surface area contributed by atoms with Crippen molar-refractivity contribution in [2.24, 2.45) is 5.92 Å². The van der Waals surface area contributed by atoms with Gasteiger partial charge in [0.15, 0.2) is 0 Å². The fourth-order valence-corrected chi connectivity index (χ4v) is 3.93. The first-order chi connectivity index (χ1) is 13.5. The zero-order chi connectivity index (χ0) is 19.9. The third-order valence-corrected chi connectivity index (χ3v) is 5.52. The number of aryl methyl sites for hydroxylation is 1. The predicted octanol–water partition coefficient (Wildman–Crippen LogP) is 1.56. The molecule has 152 valence electrons. The Labute approximate surface area is 165 Å². The molecule has 7 heteroatoms. The van der Waals surface area contributed by atoms with Crippen LogP contribution in [0.25, 0.3) is 0 Å². The van der Waals surface area contributed by atoms with Crippen molar-refractivity contribution in [2.75, 3.05) is 32.8 Å². The topological polar surface area (TPSA) is 87.2 Å². The number of nitrogens with zero attached hydrogens (tertiary/aromatic N) is 2. The number of carboxylic acid groups (broad SMARTS) is 1. The van der Waals surface area contributed by atoms with Gasteiger partial charge in [0.05, 0.1) is 19.1 Å². The minimum atomic E-state index is -0.915. The Morgan fingerprint density at radius 3 is 2.43 bits per heavy atom. The van der Waals surface area contributed by atoms with Gasteiger partial charge in [0.1, 0.15) is 0 Å². The van der Waals surface area contributed by atoms with Crippen LogP contribution in [0.5, 0.6) is 0 Å². The van der Waals surface area contributed by atoms with E-state index < -0.39 is 12.1 Å². The number of ether oxygens (including phenoxy) is 1. The van der Waals surface area contributed by atoms with E-state index in [4.69, 9.17) is 9.84 Å². The van der Waals surface area contributed by atoms with Crippen LogP contribution in [0.1, 0.15) is 31.2 Å². The van der Waals surface area contributed by atoms with E-state index in [2.05, 4.69) is 0 Å². The summed E-state index contributed by atoms with van der Waals surface area (Å²) in [4.78, 5) is 39.7. The Kier molecular flexibility index (Phi) is 7.03. The average molecular weight is 388 g/mol. The van der Waals surface area contributed by atoms with Crippen molar-refractivity contribution in [2.45, 2.75) is 38.2 Å². The molecule has 0 aromatic heterocycles. The Hall–Kier alpha value is -2.41. The third-order valence-electron chi connectivity index (χ3n) is 5.52. The first-order valence-electron chi connectivity index (χ1n) is 9.97. The summed E-state index contributed by atoms with van der Waals surface area (Å²) in [5.74, 6) is -0.805. The van der Waals surface area contributed by atoms with Gasteiger partial charge in [-0.1, -0.05) is 30.3 Å². The van der Waals surface area contributed by atoms with E-state index in [1.54, 1.807) is 4.90 Å². The molecule has 2 fully saturated rings. The summed E-state index contributed by atoms with van der Waals surface area (Å²) in [6, 6.07) is 9.97. The van der Waals surface area contributed by atoms with E-state index in [1.165, 1.54) is 0 Å². The summed E-state index contributed by atoms with van der Waals surface area (Å²) in [6.45, 7) is 2.42. The summed E-state index contributed by atoms with van der Waals surface area (Å²) < 4.78 is 5.44. The Morgan fingerprint density at radius 1 is 1.04 bits per heavy atom. The molecule has 2 heterocycles. The maximum atomic E-state index is 12.8. The predicted molar refractivity (Wildman–Crippen MR) is 103 cm³/mol. The van der Waals surface area contributed by atoms with Gasteiger partial charge in [-0.3, -0.25) is 14.4 Å². The highest BCUT2D eigenvalue weighted by molar-refractivity contribution is 5.80. The van der Waals surface area contributed by atoms with E-state index in [1.807, 2.05) is 35.2 Å². The molecular weight excluding hydrogens is 360 g/mol. The molecule has 2 aliphatic rings. The van der Waals surface area contributed by atoms with E-state index in [-0.39, 0.29) is 24.2 Å². The van der Waals surface area contributed by atoms with Crippen molar-refractivity contribution in [3.05, 3.63) is 35.9 Å². The van der Waals surface area contributed by atoms with Gasteiger partial charge in [-0.15, -0.1) is 0 Å². The van der Waals surface area contributed by atoms with Crippen LogP contribution < -0.4 is 0 Å². The van der Waals surface area contributed by atoms with Crippen molar-refractivity contribution in [3.63, 3.8) is 0 Å². The van der Waals surface area contributed by atoms with E-state index in [0.29, 0.717) is 52.0 Å². The average Bonchev–Trinajstić information content (AvgIpc) is 2.72. The molecule has 2 aliphatic heterocycles. The summed E-state index contributed by atoms with van der Waals surface area (Å²) >= 11 is 0. The largest absolute Gasteiger partial charge is 0.481 e. The second-order valence-corrected chi connectivity index (χ2v) is 7.52. The molecule has 3 rings (SSSR count). The monoisotopic (exact) mass is 388 g/mol. The number of hydrogen-bond donors (Lipinski definition) is 1. The third kappa shape index (κ3) is 5.55. The van der Waals surface area contributed by atoms with Crippen LogP contribution in [-0.2, 0) is 25.5 Å². The van der Waals surface area contributed by atoms with Crippen molar-refractivity contribution in [1.82, 2.24) is 9.80 Å². The summed E-state index contributed by atoms with van der Waals surface area (Å²) in [5.41, 5.74) is 1.16. The normalized spacial score (nSPS) is 20.8. The summed E-state index contributed by atoms with van der Waals surface area (Å²) in [6.07, 6.45) is 2.03. The molecular formula is C21H28N2O5. The lowest BCUT2D eigenvalue weighted by molar-refractivity contribution is -0.151. The first-order valence-corrected chi connectivity index (χ1v) is 9.97. The zero-order valence-corrected chi connectivity index (χ0v) is 16.1. The number of benzene rings is 1. The number of rotatable bonds is 6. The number of likely N-dealkylation sites (tertiary alicyclic amines) is 1. The number of carboxylic acids is 1. The van der Waals surface area contributed by atoms with Crippen LogP contribution in [0.15, 0.2) is 30.3 Å². The molecule has 2 amide bonds. The molecule has 0 radical (unpaired) electrons. The van der Waals surface area contributed by atoms with Crippen LogP contribution in [0.4, 0.5) is 0 Å². The fraction of sp³-hybridized carbons (Fsp3) is 0.571. The van der Waals surface area contributed by atoms with Gasteiger partial charge in [-0.2, -0.15) is 0 Å². The zero-order valence-electron chi connectivity index (χ0n) is 16.1. The van der Waals surface area contributed by atoms with Gasteiger partial charge < -0.3 is 19.6 Å². The fourth-order valence-electron chi connectivity index (χ4n) is 3.93. The second kappa shape index (κ2) is 9.68. The van der Waals surface area contributed by atoms with Crippen molar-refractivity contribution in [1.29, 1.82) is 0 Å². The van der Waals surface area contributed by atoms with Crippen molar-refractivity contribution < 1.29 is 24.2 Å². The molecule has 1 aromatic carbocycles. The van der Waals surface area contributed by atoms with Gasteiger partial charge in [0.2, 0.25) is 11.8 Å². The molecule has 0 unspecified atom stereocenters. The Balaban J connectivity index is 1.43. The number of piperidine rings is 1. The van der Waals surface area contributed by atoms with Gasteiger partial charge in [0, 0.05) is 38.5 Å². The first kappa shape index (κ1) is 20.3. The van der Waals surface area contributed by atoms with Gasteiger partial charge in [-0.05, 0) is 24.8 Å². The molecule has 0 aliphatic carbocycles. The maximum Gasteiger partial charge on any atom is 0.306 e. The van der Waals surface area contributed by atoms with Crippen molar-refractivity contribution >= 4 is 17.8 Å². The van der Waals surface area contributed by atoms with Crippen LogP contribution in [0.3, 0.4) is 0 Å². The minimum absolute atomic E-state index is 0.0649. The lowest BCUT2D eigenvalue weighted by Gasteiger charge is -2.37. The van der Waals surface area contributed by atoms with E-state index >= 15 is 0 Å². The molecule has 0 spiro atoms. The molecule has 28 heavy (non-hydrogen) atoms. The highest BCUT2D eigenvalue weighted by atomic mass is 16.5. The van der Waals surface area contributed by atoms with Gasteiger partial charge >= 0.3 is 5.97 Å². The highest BCUT2D eigenvalue weighted by Crippen LogP contribution is 2.22. The van der Waals surface area contributed by atoms with Crippen molar-refractivity contribution in [3.8, 4) is 0 Å². The quantitative estimate of drug-likeness (QED) is 0.799. The standard InChI is InChI=1S/C21H28N2O5/c24-19(7-6-16-4-2-1-3-5-16)22-10-8-17(9-11-22)21(27)23-12-13-28-18(15-23)14-20(25)26/h1-5,17-18H,6-15H2,(H,25,26)/t18-/m0/s1. The number of carbonyl (C=O) groups is 3. The van der Waals surface area contributed by atoms with E-state index in [0.717, 1.165) is 12.0 Å². The smallest absolute Gasteiger partial charge is 0.306 e. The number of hydrogen-bond acceptors (Lipinski definition) is 4. The molecule has 1 aromatic rings. The molecule has 1 atom stereocenters. The lowest BCUT2D eigenvalue weighted by Crippen LogP contribution is -2.50. The molecule has 2 saturated heterocycles. The SMILES string of the molecule is O=C(O)C[C@H]1CN(C(=O)C2CCN(C(=O)CCc3ccccc3)CC2)CCO1. The molecule has 0 bridgehead atoms. The number of carbonyl (C=O) groups excluding carboxylic acids is 2. The van der Waals surface area contributed by atoms with Crippen LogP contribution in [-0.4, -0.2) is 71.6 Å². The minimum Gasteiger partial charge on any atom is -0.481 e. The molecule has 0 saturated carbocycles. The number of amides is 2. The summed E-state index contributed by atoms with van der Waals surface area (Å²) in [7, 11) is 0. The van der Waals surface area contributed by atoms with Crippen LogP contribution in [0.2, 0.25) is 0 Å². The lowest BCUT2D eigenvalue weighted by atomic mass is 9.94. The summed E-state index contributed by atoms with van der Waals surface area (Å²) in [5, 5.41) is 8.92. The van der Waals surface area contributed by atoms with Gasteiger partial charge in [-0.25, -0.2) is 0 Å². The second-order valence-electron chi connectivity index (χ2n) is 7.52. The number of aliphatic carboxylic acids is 1. The van der Waals surface area contributed by atoms with Crippen LogP contribution >= 0.6 is 0 Å².